The Morgan fingerprint density at radius 3 is 2.63 bits per heavy atom. The Balaban J connectivity index is 2.03. The highest BCUT2D eigenvalue weighted by Gasteiger charge is 2.42. The highest BCUT2D eigenvalue weighted by Crippen LogP contribution is 2.37. The van der Waals surface area contributed by atoms with Gasteiger partial charge in [-0.1, -0.05) is 6.92 Å². The Morgan fingerprint density at radius 1 is 1.26 bits per heavy atom. The Hall–Kier alpha value is -1.47. The van der Waals surface area contributed by atoms with Crippen LogP contribution in [0.4, 0.5) is 4.79 Å². The second kappa shape index (κ2) is 10.2. The van der Waals surface area contributed by atoms with Gasteiger partial charge in [0.15, 0.2) is 0 Å². The number of carbonyl (C=O) groups excluding carboxylic acids is 3. The summed E-state index contributed by atoms with van der Waals surface area (Å²) in [6.07, 6.45) is 3.90. The van der Waals surface area contributed by atoms with Gasteiger partial charge in [0.2, 0.25) is 5.91 Å². The minimum atomic E-state index is -0.312. The van der Waals surface area contributed by atoms with E-state index in [1.807, 2.05) is 25.9 Å². The first-order valence-corrected chi connectivity index (χ1v) is 10.4. The summed E-state index contributed by atoms with van der Waals surface area (Å²) in [5.41, 5.74) is 0. The maximum atomic E-state index is 13.1. The van der Waals surface area contributed by atoms with Crippen LogP contribution in [-0.4, -0.2) is 85.3 Å². The molecule has 0 aromatic heterocycles. The van der Waals surface area contributed by atoms with Gasteiger partial charge in [0.1, 0.15) is 5.78 Å². The molecule has 0 aromatic carbocycles. The fraction of sp³-hybridized carbons (Fsp3) is 0.850. The van der Waals surface area contributed by atoms with Crippen LogP contribution in [0.2, 0.25) is 0 Å². The summed E-state index contributed by atoms with van der Waals surface area (Å²) >= 11 is 0. The lowest BCUT2D eigenvalue weighted by Crippen LogP contribution is -2.56. The average molecular weight is 381 g/mol. The van der Waals surface area contributed by atoms with Crippen LogP contribution in [0.15, 0.2) is 0 Å². The Kier molecular flexibility index (Phi) is 8.23. The molecule has 3 amide bonds. The van der Waals surface area contributed by atoms with Gasteiger partial charge in [0, 0.05) is 45.1 Å². The third-order valence-electron chi connectivity index (χ3n) is 5.79. The number of nitrogens with zero attached hydrogens (tertiary/aromatic N) is 3. The quantitative estimate of drug-likeness (QED) is 0.726. The van der Waals surface area contributed by atoms with Crippen molar-refractivity contribution in [2.45, 2.75) is 52.0 Å². The fourth-order valence-corrected chi connectivity index (χ4v) is 4.48. The molecule has 2 rings (SSSR count). The number of carbonyl (C=O) groups is 3. The van der Waals surface area contributed by atoms with Crippen LogP contribution in [0.3, 0.4) is 0 Å². The minimum Gasteiger partial charge on any atom is -0.336 e. The van der Waals surface area contributed by atoms with E-state index in [1.165, 1.54) is 4.90 Å². The third kappa shape index (κ3) is 5.75. The molecule has 2 aliphatic rings. The number of piperidine rings is 1. The summed E-state index contributed by atoms with van der Waals surface area (Å²) in [6, 6.07) is 0.101. The molecule has 1 heterocycles. The molecule has 7 heteroatoms. The van der Waals surface area contributed by atoms with Gasteiger partial charge in [-0.3, -0.25) is 19.4 Å². The Morgan fingerprint density at radius 2 is 2.00 bits per heavy atom. The van der Waals surface area contributed by atoms with E-state index in [0.29, 0.717) is 44.3 Å². The van der Waals surface area contributed by atoms with Gasteiger partial charge in [0.05, 0.1) is 5.92 Å². The molecule has 1 saturated carbocycles. The molecule has 3 atom stereocenters. The molecular formula is C20H36N4O3. The molecule has 0 unspecified atom stereocenters. The number of urea groups is 1. The van der Waals surface area contributed by atoms with Crippen LogP contribution in [0.25, 0.3) is 0 Å². The van der Waals surface area contributed by atoms with Crippen LogP contribution in [0, 0.1) is 11.8 Å². The first-order chi connectivity index (χ1) is 12.9. The number of hydrogen-bond donors (Lipinski definition) is 1. The summed E-state index contributed by atoms with van der Waals surface area (Å²) < 4.78 is 0. The van der Waals surface area contributed by atoms with E-state index in [1.54, 1.807) is 0 Å². The molecule has 1 aliphatic carbocycles. The number of hydrogen-bond acceptors (Lipinski definition) is 5. The van der Waals surface area contributed by atoms with E-state index >= 15 is 0 Å². The molecule has 0 aromatic rings. The van der Waals surface area contributed by atoms with Gasteiger partial charge < -0.3 is 10.2 Å². The zero-order valence-electron chi connectivity index (χ0n) is 17.4. The summed E-state index contributed by atoms with van der Waals surface area (Å²) in [5.74, 6) is 0.256. The number of nitrogens with one attached hydrogen (secondary N) is 1. The Labute approximate surface area is 163 Å². The first-order valence-electron chi connectivity index (χ1n) is 10.4. The summed E-state index contributed by atoms with van der Waals surface area (Å²) in [6.45, 7) is 7.24. The lowest BCUT2D eigenvalue weighted by atomic mass is 9.74. The van der Waals surface area contributed by atoms with Crippen LogP contribution in [0.5, 0.6) is 0 Å². The van der Waals surface area contributed by atoms with Crippen molar-refractivity contribution >= 4 is 17.7 Å². The van der Waals surface area contributed by atoms with E-state index < -0.39 is 0 Å². The van der Waals surface area contributed by atoms with Crippen molar-refractivity contribution < 1.29 is 14.4 Å². The van der Waals surface area contributed by atoms with Crippen molar-refractivity contribution in [2.24, 2.45) is 11.8 Å². The van der Waals surface area contributed by atoms with Crippen LogP contribution in [-0.2, 0) is 9.59 Å². The van der Waals surface area contributed by atoms with Crippen LogP contribution in [0.1, 0.15) is 46.0 Å². The number of fused-ring (bicyclic) bond motifs is 1. The van der Waals surface area contributed by atoms with Crippen molar-refractivity contribution in [1.29, 1.82) is 0 Å². The summed E-state index contributed by atoms with van der Waals surface area (Å²) in [4.78, 5) is 43.3. The van der Waals surface area contributed by atoms with Gasteiger partial charge in [-0.05, 0) is 52.7 Å². The second-order valence-electron chi connectivity index (χ2n) is 8.15. The van der Waals surface area contributed by atoms with Crippen molar-refractivity contribution in [3.05, 3.63) is 0 Å². The van der Waals surface area contributed by atoms with Crippen molar-refractivity contribution in [1.82, 2.24) is 20.0 Å². The third-order valence-corrected chi connectivity index (χ3v) is 5.79. The summed E-state index contributed by atoms with van der Waals surface area (Å²) in [5, 5.41) is 2.84. The molecule has 0 bridgehead atoms. The summed E-state index contributed by atoms with van der Waals surface area (Å²) in [7, 11) is 3.89. The highest BCUT2D eigenvalue weighted by molar-refractivity contribution is 5.95. The predicted octanol–water partition coefficient (Wildman–Crippen LogP) is 1.58. The molecule has 0 radical (unpaired) electrons. The van der Waals surface area contributed by atoms with Gasteiger partial charge in [-0.2, -0.15) is 0 Å². The van der Waals surface area contributed by atoms with Crippen LogP contribution >= 0.6 is 0 Å². The number of Topliss-reactive ketones (excluding diaryl/α,β-unsaturated/α-hetero) is 1. The van der Waals surface area contributed by atoms with Gasteiger partial charge in [-0.15, -0.1) is 0 Å². The molecule has 0 spiro atoms. The number of amides is 3. The highest BCUT2D eigenvalue weighted by atomic mass is 16.2. The molecule has 2 fully saturated rings. The molecule has 1 aliphatic heterocycles. The van der Waals surface area contributed by atoms with Gasteiger partial charge in [-0.25, -0.2) is 4.79 Å². The van der Waals surface area contributed by atoms with E-state index in [9.17, 15) is 14.4 Å². The van der Waals surface area contributed by atoms with E-state index in [-0.39, 0.29) is 23.8 Å². The molecule has 27 heavy (non-hydrogen) atoms. The standard InChI is InChI=1S/C20H36N4O3/c1-5-10-23-14-16(12-15-13-17(25)7-8-18(15)23)19(26)24(6-2)20(27)21-9-11-22(3)4/h15-16,18H,5-14H2,1-4H3,(H,21,27)/t15-,16-,18-/m1/s1. The second-order valence-corrected chi connectivity index (χ2v) is 8.15. The first kappa shape index (κ1) is 21.8. The van der Waals surface area contributed by atoms with Gasteiger partial charge >= 0.3 is 6.03 Å². The maximum absolute atomic E-state index is 13.1. The van der Waals surface area contributed by atoms with Crippen molar-refractivity contribution in [2.75, 3.05) is 46.8 Å². The lowest BCUT2D eigenvalue weighted by Gasteiger charge is -2.46. The smallest absolute Gasteiger partial charge is 0.324 e. The molecule has 154 valence electrons. The monoisotopic (exact) mass is 380 g/mol. The number of likely N-dealkylation sites (tertiary alicyclic amines) is 1. The number of rotatable bonds is 7. The van der Waals surface area contributed by atoms with Crippen LogP contribution < -0.4 is 5.32 Å². The van der Waals surface area contributed by atoms with Crippen molar-refractivity contribution in [3.63, 3.8) is 0 Å². The van der Waals surface area contributed by atoms with E-state index in [0.717, 1.165) is 32.4 Å². The molecular weight excluding hydrogens is 344 g/mol. The van der Waals surface area contributed by atoms with Gasteiger partial charge in [0.25, 0.3) is 0 Å². The maximum Gasteiger partial charge on any atom is 0.324 e. The molecule has 1 N–H and O–H groups in total. The number of imide groups is 1. The topological polar surface area (TPSA) is 73.0 Å². The number of likely N-dealkylation sites (N-methyl/N-ethyl adjacent to an activating group) is 1. The zero-order valence-corrected chi connectivity index (χ0v) is 17.4. The number of ketones is 1. The largest absolute Gasteiger partial charge is 0.336 e. The molecule has 7 nitrogen and oxygen atoms in total. The van der Waals surface area contributed by atoms with E-state index in [2.05, 4.69) is 17.1 Å². The normalized spacial score (nSPS) is 26.0. The SMILES string of the molecule is CCCN1C[C@H](C(=O)N(CC)C(=O)NCCN(C)C)C[C@@H]2CC(=O)CC[C@H]21. The van der Waals surface area contributed by atoms with Crippen molar-refractivity contribution in [3.8, 4) is 0 Å². The predicted molar refractivity (Wildman–Crippen MR) is 105 cm³/mol. The van der Waals surface area contributed by atoms with E-state index in [4.69, 9.17) is 0 Å². The lowest BCUT2D eigenvalue weighted by molar-refractivity contribution is -0.138. The zero-order chi connectivity index (χ0) is 20.0. The fourth-order valence-electron chi connectivity index (χ4n) is 4.48. The average Bonchev–Trinajstić information content (AvgIpc) is 2.61. The minimum absolute atomic E-state index is 0.0996. The molecule has 1 saturated heterocycles. The Bertz CT molecular complexity index is 537.